The molecule has 3 aromatic rings. The minimum atomic E-state index is 0.530. The van der Waals surface area contributed by atoms with E-state index in [0.717, 1.165) is 12.8 Å². The fraction of sp³-hybridized carbons (Fsp3) is 0.712. The van der Waals surface area contributed by atoms with Crippen molar-refractivity contribution in [1.29, 1.82) is 0 Å². The number of aryl methyl sites for hydroxylation is 1. The van der Waals surface area contributed by atoms with Crippen molar-refractivity contribution in [1.82, 2.24) is 4.57 Å². The van der Waals surface area contributed by atoms with Gasteiger partial charge >= 0.3 is 0 Å². The van der Waals surface area contributed by atoms with Gasteiger partial charge in [-0.05, 0) is 62.5 Å². The number of unbranched alkanes of at least 4 members (excludes halogenated alkanes) is 25. The Bertz CT molecular complexity index is 1230. The van der Waals surface area contributed by atoms with Gasteiger partial charge in [0.15, 0.2) is 0 Å². The first kappa shape index (κ1) is 46.0. The molecule has 0 saturated heterocycles. The van der Waals surface area contributed by atoms with Crippen LogP contribution in [0.5, 0.6) is 0 Å². The highest BCUT2D eigenvalue weighted by atomic mass is 15.2. The maximum atomic E-state index is 2.67. The number of hydrogen-bond acceptors (Lipinski definition) is 0. The summed E-state index contributed by atoms with van der Waals surface area (Å²) in [7, 11) is 0. The number of aromatic nitrogens is 2. The largest absolute Gasteiger partial charge is 0.256 e. The maximum Gasteiger partial charge on any atom is 0.256 e. The first-order valence-electron chi connectivity index (χ1n) is 23.9. The smallest absolute Gasteiger partial charge is 0.234 e. The Hall–Kier alpha value is -2.35. The Morgan fingerprint density at radius 2 is 0.907 bits per heavy atom. The minimum Gasteiger partial charge on any atom is -0.234 e. The van der Waals surface area contributed by atoms with Crippen LogP contribution < -0.4 is 4.57 Å². The lowest BCUT2D eigenvalue weighted by atomic mass is 9.88. The normalized spacial score (nSPS) is 12.7. The second-order valence-corrected chi connectivity index (χ2v) is 17.1. The van der Waals surface area contributed by atoms with E-state index >= 15 is 0 Å². The molecule has 0 fully saturated rings. The van der Waals surface area contributed by atoms with Gasteiger partial charge in [-0.3, -0.25) is 0 Å². The first-order chi connectivity index (χ1) is 26.7. The second kappa shape index (κ2) is 31.8. The van der Waals surface area contributed by atoms with Gasteiger partial charge < -0.3 is 0 Å². The molecule has 0 aliphatic heterocycles. The summed E-state index contributed by atoms with van der Waals surface area (Å²) < 4.78 is 5.32. The van der Waals surface area contributed by atoms with Crippen molar-refractivity contribution in [2.45, 2.75) is 238 Å². The number of rotatable bonds is 36. The van der Waals surface area contributed by atoms with Crippen molar-refractivity contribution in [3.63, 3.8) is 0 Å². The summed E-state index contributed by atoms with van der Waals surface area (Å²) in [5, 5.41) is 0. The highest BCUT2D eigenvalue weighted by Gasteiger charge is 2.23. The molecule has 2 nitrogen and oxygen atoms in total. The van der Waals surface area contributed by atoms with Crippen LogP contribution >= 0.6 is 0 Å². The van der Waals surface area contributed by atoms with E-state index in [0.29, 0.717) is 12.0 Å². The van der Waals surface area contributed by atoms with Gasteiger partial charge in [-0.2, -0.15) is 0 Å². The van der Waals surface area contributed by atoms with Crippen molar-refractivity contribution in [3.8, 4) is 0 Å². The average Bonchev–Trinajstić information content (AvgIpc) is 3.61. The average molecular weight is 740 g/mol. The molecule has 3 rings (SSSR count). The van der Waals surface area contributed by atoms with Crippen LogP contribution in [0.3, 0.4) is 0 Å². The van der Waals surface area contributed by atoms with E-state index in [9.17, 15) is 0 Å². The van der Waals surface area contributed by atoms with Crippen LogP contribution in [-0.2, 0) is 19.4 Å². The monoisotopic (exact) mass is 740 g/mol. The second-order valence-electron chi connectivity index (χ2n) is 17.1. The van der Waals surface area contributed by atoms with Crippen molar-refractivity contribution in [3.05, 3.63) is 90.0 Å². The standard InChI is InChI=1S/C52H87N2/c1-4-6-8-10-12-14-16-17-18-19-20-22-24-26-28-36-44-53-45-46-54(48(3)37-31-27-25-23-21-15-13-11-9-7-5-2)52(53)43-42-51(50-40-34-30-35-41-50)47-49-38-32-29-33-39-49/h29-30,32-35,38-41,45-46,48,51H,4-28,31,36-37,42-44,47H2,1-3H3/q+1. The molecule has 2 heteroatoms. The molecule has 0 amide bonds. The van der Waals surface area contributed by atoms with Crippen molar-refractivity contribution < 1.29 is 4.57 Å². The number of hydrogen-bond donors (Lipinski definition) is 0. The van der Waals surface area contributed by atoms with E-state index in [1.165, 1.54) is 204 Å². The lowest BCUT2D eigenvalue weighted by Crippen LogP contribution is -2.38. The van der Waals surface area contributed by atoms with Gasteiger partial charge in [0.2, 0.25) is 0 Å². The summed E-state index contributed by atoms with van der Waals surface area (Å²) in [5.74, 6) is 2.09. The third-order valence-corrected chi connectivity index (χ3v) is 12.3. The van der Waals surface area contributed by atoms with Gasteiger partial charge in [-0.1, -0.05) is 229 Å². The van der Waals surface area contributed by atoms with Crippen LogP contribution in [0.2, 0.25) is 0 Å². The van der Waals surface area contributed by atoms with Crippen LogP contribution in [0.15, 0.2) is 73.1 Å². The molecule has 0 spiro atoms. The van der Waals surface area contributed by atoms with Gasteiger partial charge in [0.1, 0.15) is 12.4 Å². The summed E-state index contributed by atoms with van der Waals surface area (Å²) in [6.07, 6.45) is 48.0. The number of nitrogens with zero attached hydrogens (tertiary/aromatic N) is 2. The number of imidazole rings is 1. The molecule has 0 bridgehead atoms. The predicted molar refractivity (Wildman–Crippen MR) is 238 cm³/mol. The highest BCUT2D eigenvalue weighted by molar-refractivity contribution is 5.24. The van der Waals surface area contributed by atoms with Gasteiger partial charge in [0, 0.05) is 6.42 Å². The summed E-state index contributed by atoms with van der Waals surface area (Å²) in [4.78, 5) is 0. The number of benzene rings is 2. The Labute approximate surface area is 336 Å². The fourth-order valence-corrected chi connectivity index (χ4v) is 8.74. The molecule has 0 N–H and O–H groups in total. The van der Waals surface area contributed by atoms with E-state index < -0.39 is 0 Å². The van der Waals surface area contributed by atoms with E-state index in [1.807, 2.05) is 0 Å². The molecule has 304 valence electrons. The van der Waals surface area contributed by atoms with Gasteiger partial charge in [0.25, 0.3) is 5.82 Å². The molecule has 0 aliphatic rings. The van der Waals surface area contributed by atoms with E-state index in [4.69, 9.17) is 0 Å². The van der Waals surface area contributed by atoms with Gasteiger partial charge in [-0.15, -0.1) is 0 Å². The van der Waals surface area contributed by atoms with Crippen LogP contribution in [0.4, 0.5) is 0 Å². The predicted octanol–water partition coefficient (Wildman–Crippen LogP) is 16.3. The molecule has 0 radical (unpaired) electrons. The Balaban J connectivity index is 1.45. The first-order valence-corrected chi connectivity index (χ1v) is 23.9. The quantitative estimate of drug-likeness (QED) is 0.0415. The molecule has 0 aliphatic carbocycles. The summed E-state index contributed by atoms with van der Waals surface area (Å²) >= 11 is 0. The van der Waals surface area contributed by atoms with E-state index in [1.54, 1.807) is 5.82 Å². The zero-order valence-electron chi connectivity index (χ0n) is 36.1. The Morgan fingerprint density at radius 3 is 1.39 bits per heavy atom. The summed E-state index contributed by atoms with van der Waals surface area (Å²) in [6, 6.07) is 23.1. The molecular weight excluding hydrogens is 653 g/mol. The zero-order valence-corrected chi connectivity index (χ0v) is 36.1. The lowest BCUT2D eigenvalue weighted by Gasteiger charge is -2.18. The van der Waals surface area contributed by atoms with Crippen molar-refractivity contribution in [2.75, 3.05) is 0 Å². The molecular formula is C52H87N2+. The molecule has 0 saturated carbocycles. The van der Waals surface area contributed by atoms with Gasteiger partial charge in [0.05, 0.1) is 12.6 Å². The molecule has 1 heterocycles. The van der Waals surface area contributed by atoms with E-state index in [2.05, 4.69) is 103 Å². The topological polar surface area (TPSA) is 8.81 Å². The minimum absolute atomic E-state index is 0.530. The van der Waals surface area contributed by atoms with Crippen LogP contribution in [0.1, 0.15) is 236 Å². The Morgan fingerprint density at radius 1 is 0.481 bits per heavy atom. The molecule has 1 aromatic heterocycles. The Kier molecular flexibility index (Phi) is 27.1. The van der Waals surface area contributed by atoms with Crippen molar-refractivity contribution in [2.24, 2.45) is 0 Å². The lowest BCUT2D eigenvalue weighted by molar-refractivity contribution is -0.704. The third-order valence-electron chi connectivity index (χ3n) is 12.3. The third kappa shape index (κ3) is 21.1. The summed E-state index contributed by atoms with van der Waals surface area (Å²) in [5.41, 5.74) is 2.94. The van der Waals surface area contributed by atoms with Gasteiger partial charge in [-0.25, -0.2) is 9.13 Å². The SMILES string of the molecule is CCCCCCCCCCCCCCCCCC[n+]1ccn(C(C)CCCCCCCCCCCCC)c1CCC(Cc1ccccc1)c1ccccc1. The summed E-state index contributed by atoms with van der Waals surface area (Å²) in [6.45, 7) is 8.27. The molecule has 2 atom stereocenters. The van der Waals surface area contributed by atoms with Crippen LogP contribution in [0.25, 0.3) is 0 Å². The highest BCUT2D eigenvalue weighted by Crippen LogP contribution is 2.27. The molecule has 2 aromatic carbocycles. The maximum absolute atomic E-state index is 2.67. The molecule has 54 heavy (non-hydrogen) atoms. The fourth-order valence-electron chi connectivity index (χ4n) is 8.74. The molecule has 2 unspecified atom stereocenters. The zero-order chi connectivity index (χ0) is 38.2. The van der Waals surface area contributed by atoms with Crippen molar-refractivity contribution >= 4 is 0 Å². The van der Waals surface area contributed by atoms with Crippen LogP contribution in [-0.4, -0.2) is 4.57 Å². The van der Waals surface area contributed by atoms with E-state index in [-0.39, 0.29) is 0 Å². The van der Waals surface area contributed by atoms with Crippen LogP contribution in [0, 0.1) is 0 Å².